The molecule has 1 heterocycles. The van der Waals surface area contributed by atoms with Gasteiger partial charge in [0, 0.05) is 0 Å². The summed E-state index contributed by atoms with van der Waals surface area (Å²) < 4.78 is 32.1. The second-order valence-corrected chi connectivity index (χ2v) is 4.90. The molecule has 0 unspecified atom stereocenters. The molecule has 0 amide bonds. The largest absolute Gasteiger partial charge is 0.478 e. The summed E-state index contributed by atoms with van der Waals surface area (Å²) in [7, 11) is -10.1. The van der Waals surface area contributed by atoms with Crippen molar-refractivity contribution >= 4 is 15.6 Å². The van der Waals surface area contributed by atoms with Crippen molar-refractivity contribution in [1.29, 1.82) is 0 Å². The van der Waals surface area contributed by atoms with Crippen molar-refractivity contribution in [2.45, 2.75) is 0 Å². The molecule has 15 heavy (non-hydrogen) atoms. The predicted octanol–water partition coefficient (Wildman–Crippen LogP) is -0.778. The minimum Gasteiger partial charge on any atom is -0.377 e. The molecule has 0 saturated carbocycles. The SMILES string of the molecule is C1COCCO1.O=P(O)(O)OP(=O)(O)O. The highest BCUT2D eigenvalue weighted by Crippen LogP contribution is 2.53. The van der Waals surface area contributed by atoms with Gasteiger partial charge < -0.3 is 29.0 Å². The summed E-state index contributed by atoms with van der Waals surface area (Å²) in [6.45, 7) is 3.11. The molecule has 0 radical (unpaired) electrons. The molecule has 0 aromatic rings. The van der Waals surface area contributed by atoms with Crippen molar-refractivity contribution in [3.8, 4) is 0 Å². The Hall–Kier alpha value is 0.180. The molecular formula is C4H12O9P2. The maximum absolute atomic E-state index is 9.63. The van der Waals surface area contributed by atoms with Crippen molar-refractivity contribution in [2.24, 2.45) is 0 Å². The summed E-state index contributed by atoms with van der Waals surface area (Å²) in [6, 6.07) is 0. The van der Waals surface area contributed by atoms with Gasteiger partial charge in [0.1, 0.15) is 0 Å². The monoisotopic (exact) mass is 266 g/mol. The highest BCUT2D eigenvalue weighted by Gasteiger charge is 2.27. The second kappa shape index (κ2) is 6.70. The van der Waals surface area contributed by atoms with E-state index in [1.54, 1.807) is 0 Å². The molecule has 9 nitrogen and oxygen atoms in total. The summed E-state index contributed by atoms with van der Waals surface area (Å²) in [5, 5.41) is 0. The first-order chi connectivity index (χ1) is 6.71. The lowest BCUT2D eigenvalue weighted by Crippen LogP contribution is -2.16. The molecule has 0 bridgehead atoms. The van der Waals surface area contributed by atoms with E-state index in [0.29, 0.717) is 0 Å². The van der Waals surface area contributed by atoms with Gasteiger partial charge in [0.2, 0.25) is 0 Å². The van der Waals surface area contributed by atoms with Gasteiger partial charge >= 0.3 is 15.6 Å². The van der Waals surface area contributed by atoms with Crippen LogP contribution in [-0.4, -0.2) is 46.0 Å². The van der Waals surface area contributed by atoms with E-state index in [1.807, 2.05) is 0 Å². The van der Waals surface area contributed by atoms with E-state index < -0.39 is 15.6 Å². The van der Waals surface area contributed by atoms with Crippen molar-refractivity contribution in [3.05, 3.63) is 0 Å². The number of rotatable bonds is 2. The van der Waals surface area contributed by atoms with Gasteiger partial charge in [-0.05, 0) is 0 Å². The van der Waals surface area contributed by atoms with Crippen molar-refractivity contribution < 1.29 is 42.5 Å². The molecule has 1 aliphatic heterocycles. The lowest BCUT2D eigenvalue weighted by molar-refractivity contribution is -0.0334. The molecule has 0 atom stereocenters. The Labute approximate surface area is 85.5 Å². The summed E-state index contributed by atoms with van der Waals surface area (Å²) in [5.74, 6) is 0. The van der Waals surface area contributed by atoms with Crippen LogP contribution in [0.2, 0.25) is 0 Å². The van der Waals surface area contributed by atoms with Crippen molar-refractivity contribution in [3.63, 3.8) is 0 Å². The van der Waals surface area contributed by atoms with Crippen LogP contribution in [0.3, 0.4) is 0 Å². The molecule has 11 heteroatoms. The Bertz CT molecular complexity index is 217. The van der Waals surface area contributed by atoms with Crippen LogP contribution in [-0.2, 0) is 22.9 Å². The summed E-state index contributed by atoms with van der Waals surface area (Å²) in [5.41, 5.74) is 0. The maximum atomic E-state index is 9.63. The van der Waals surface area contributed by atoms with Crippen LogP contribution in [0.15, 0.2) is 0 Å². The van der Waals surface area contributed by atoms with Crippen LogP contribution < -0.4 is 0 Å². The van der Waals surface area contributed by atoms with Gasteiger partial charge in [0.25, 0.3) is 0 Å². The molecule has 1 rings (SSSR count). The third kappa shape index (κ3) is 14.2. The van der Waals surface area contributed by atoms with Gasteiger partial charge in [-0.15, -0.1) is 0 Å². The number of phosphoric acid groups is 2. The molecule has 0 aromatic carbocycles. The van der Waals surface area contributed by atoms with Crippen LogP contribution in [0.1, 0.15) is 0 Å². The lowest BCUT2D eigenvalue weighted by Gasteiger charge is -2.09. The second-order valence-electron chi connectivity index (χ2n) is 2.29. The average Bonchev–Trinajstić information content (AvgIpc) is 2.01. The van der Waals surface area contributed by atoms with E-state index in [2.05, 4.69) is 4.31 Å². The van der Waals surface area contributed by atoms with E-state index in [0.717, 1.165) is 26.4 Å². The van der Waals surface area contributed by atoms with Gasteiger partial charge in [0.05, 0.1) is 26.4 Å². The molecule has 0 spiro atoms. The van der Waals surface area contributed by atoms with Crippen LogP contribution in [0.25, 0.3) is 0 Å². The molecule has 0 aromatic heterocycles. The maximum Gasteiger partial charge on any atom is 0.478 e. The third-order valence-electron chi connectivity index (χ3n) is 0.957. The Morgan fingerprint density at radius 1 is 0.800 bits per heavy atom. The Balaban J connectivity index is 0.000000280. The zero-order valence-electron chi connectivity index (χ0n) is 7.55. The summed E-state index contributed by atoms with van der Waals surface area (Å²) in [6.07, 6.45) is 0. The van der Waals surface area contributed by atoms with Crippen molar-refractivity contribution in [1.82, 2.24) is 0 Å². The first-order valence-corrected chi connectivity index (χ1v) is 6.75. The van der Waals surface area contributed by atoms with E-state index >= 15 is 0 Å². The van der Waals surface area contributed by atoms with Gasteiger partial charge in [-0.1, -0.05) is 0 Å². The minimum absolute atomic E-state index is 0.778. The molecule has 92 valence electrons. The summed E-state index contributed by atoms with van der Waals surface area (Å²) in [4.78, 5) is 31.0. The lowest BCUT2D eigenvalue weighted by atomic mass is 10.6. The van der Waals surface area contributed by atoms with Crippen LogP contribution in [0.4, 0.5) is 0 Å². The fourth-order valence-corrected chi connectivity index (χ4v) is 1.69. The molecule has 4 N–H and O–H groups in total. The van der Waals surface area contributed by atoms with E-state index in [-0.39, 0.29) is 0 Å². The highest BCUT2D eigenvalue weighted by atomic mass is 31.3. The average molecular weight is 266 g/mol. The molecule has 1 aliphatic rings. The Kier molecular flexibility index (Phi) is 6.78. The Morgan fingerprint density at radius 2 is 1.07 bits per heavy atom. The first kappa shape index (κ1) is 15.2. The first-order valence-electron chi connectivity index (χ1n) is 3.68. The zero-order valence-corrected chi connectivity index (χ0v) is 9.34. The standard InChI is InChI=1S/C4H8O2.H4O7P2/c1-2-6-4-3-5-1;1-8(2,3)7-9(4,5)6/h1-4H2;(H2,1,2,3)(H2,4,5,6). The highest BCUT2D eigenvalue weighted by molar-refractivity contribution is 7.60. The van der Waals surface area contributed by atoms with E-state index in [9.17, 15) is 9.13 Å². The predicted molar refractivity (Wildman–Crippen MR) is 46.8 cm³/mol. The molecule has 1 fully saturated rings. The fourth-order valence-electron chi connectivity index (χ4n) is 0.578. The molecular weight excluding hydrogens is 254 g/mol. The summed E-state index contributed by atoms with van der Waals surface area (Å²) >= 11 is 0. The van der Waals surface area contributed by atoms with Crippen LogP contribution in [0.5, 0.6) is 0 Å². The van der Waals surface area contributed by atoms with Gasteiger partial charge in [-0.2, -0.15) is 4.31 Å². The molecule has 0 aliphatic carbocycles. The third-order valence-corrected chi connectivity index (χ3v) is 2.66. The van der Waals surface area contributed by atoms with E-state index in [4.69, 9.17) is 29.0 Å². The Morgan fingerprint density at radius 3 is 1.13 bits per heavy atom. The zero-order chi connectivity index (χ0) is 11.9. The fraction of sp³-hybridized carbons (Fsp3) is 1.00. The number of hydrogen-bond acceptors (Lipinski definition) is 5. The topological polar surface area (TPSA) is 143 Å². The minimum atomic E-state index is -5.05. The van der Waals surface area contributed by atoms with Gasteiger partial charge in [-0.25, -0.2) is 9.13 Å². The van der Waals surface area contributed by atoms with Crippen molar-refractivity contribution in [2.75, 3.05) is 26.4 Å². The van der Waals surface area contributed by atoms with E-state index in [1.165, 1.54) is 0 Å². The van der Waals surface area contributed by atoms with Crippen LogP contribution in [0, 0.1) is 0 Å². The normalized spacial score (nSPS) is 17.9. The number of hydrogen-bond donors (Lipinski definition) is 4. The molecule has 1 saturated heterocycles. The smallest absolute Gasteiger partial charge is 0.377 e. The van der Waals surface area contributed by atoms with Gasteiger partial charge in [-0.3, -0.25) is 0 Å². The quantitative estimate of drug-likeness (QED) is 0.473. The number of ether oxygens (including phenoxy) is 2. The van der Waals surface area contributed by atoms with Gasteiger partial charge in [0.15, 0.2) is 0 Å². The van der Waals surface area contributed by atoms with Crippen LogP contribution >= 0.6 is 15.6 Å².